The van der Waals surface area contributed by atoms with E-state index in [9.17, 15) is 5.26 Å². The third kappa shape index (κ3) is 2.89. The number of rotatable bonds is 3. The molecule has 0 radical (unpaired) electrons. The second-order valence-corrected chi connectivity index (χ2v) is 5.91. The standard InChI is InChI=1S/C16H20N6O/c1-4-14-18-15(21-23-14)12-6-5-7-22(9-12)16-13(8-17)10(2)11(3)19-20-16/h12H,4-7,9H2,1-3H3. The van der Waals surface area contributed by atoms with Gasteiger partial charge in [-0.1, -0.05) is 12.1 Å². The minimum atomic E-state index is 0.197. The van der Waals surface area contributed by atoms with Crippen LogP contribution in [-0.4, -0.2) is 33.4 Å². The molecular formula is C16H20N6O. The zero-order chi connectivity index (χ0) is 16.4. The van der Waals surface area contributed by atoms with Gasteiger partial charge in [0.2, 0.25) is 5.89 Å². The van der Waals surface area contributed by atoms with E-state index in [1.165, 1.54) is 0 Å². The maximum atomic E-state index is 9.49. The Labute approximate surface area is 135 Å². The Hall–Kier alpha value is -2.49. The molecule has 1 atom stereocenters. The minimum absolute atomic E-state index is 0.197. The topological polar surface area (TPSA) is 91.7 Å². The highest BCUT2D eigenvalue weighted by atomic mass is 16.5. The highest BCUT2D eigenvalue weighted by molar-refractivity contribution is 5.57. The van der Waals surface area contributed by atoms with Crippen LogP contribution >= 0.6 is 0 Å². The van der Waals surface area contributed by atoms with Gasteiger partial charge in [-0.3, -0.25) is 0 Å². The maximum Gasteiger partial charge on any atom is 0.226 e. The molecule has 0 aromatic carbocycles. The third-order valence-corrected chi connectivity index (χ3v) is 4.42. The van der Waals surface area contributed by atoms with E-state index in [1.54, 1.807) is 0 Å². The molecule has 7 heteroatoms. The Morgan fingerprint density at radius 1 is 1.35 bits per heavy atom. The molecule has 1 saturated heterocycles. The molecule has 0 saturated carbocycles. The van der Waals surface area contributed by atoms with Gasteiger partial charge >= 0.3 is 0 Å². The predicted octanol–water partition coefficient (Wildman–Crippen LogP) is 2.29. The fourth-order valence-electron chi connectivity index (χ4n) is 2.91. The highest BCUT2D eigenvalue weighted by Crippen LogP contribution is 2.30. The molecule has 23 heavy (non-hydrogen) atoms. The van der Waals surface area contributed by atoms with Gasteiger partial charge in [0.15, 0.2) is 11.6 Å². The van der Waals surface area contributed by atoms with Crippen LogP contribution in [0.15, 0.2) is 4.52 Å². The molecule has 0 spiro atoms. The van der Waals surface area contributed by atoms with E-state index < -0.39 is 0 Å². The van der Waals surface area contributed by atoms with Crippen molar-refractivity contribution in [1.29, 1.82) is 5.26 Å². The first-order valence-electron chi connectivity index (χ1n) is 7.95. The van der Waals surface area contributed by atoms with Crippen LogP contribution < -0.4 is 4.90 Å². The van der Waals surface area contributed by atoms with Crippen LogP contribution in [0.5, 0.6) is 0 Å². The molecule has 7 nitrogen and oxygen atoms in total. The minimum Gasteiger partial charge on any atom is -0.353 e. The van der Waals surface area contributed by atoms with Crippen LogP contribution in [-0.2, 0) is 6.42 Å². The van der Waals surface area contributed by atoms with Gasteiger partial charge in [-0.25, -0.2) is 0 Å². The Balaban J connectivity index is 1.87. The summed E-state index contributed by atoms with van der Waals surface area (Å²) in [6.45, 7) is 7.38. The van der Waals surface area contributed by atoms with Crippen LogP contribution in [0.2, 0.25) is 0 Å². The molecule has 120 valence electrons. The summed E-state index contributed by atoms with van der Waals surface area (Å²) in [5.41, 5.74) is 2.30. The summed E-state index contributed by atoms with van der Waals surface area (Å²) in [6.07, 6.45) is 2.75. The summed E-state index contributed by atoms with van der Waals surface area (Å²) in [7, 11) is 0. The summed E-state index contributed by atoms with van der Waals surface area (Å²) >= 11 is 0. The van der Waals surface area contributed by atoms with Gasteiger partial charge in [-0.15, -0.1) is 5.10 Å². The van der Waals surface area contributed by atoms with Gasteiger partial charge in [-0.05, 0) is 32.3 Å². The molecule has 1 aliphatic heterocycles. The zero-order valence-electron chi connectivity index (χ0n) is 13.7. The molecule has 3 heterocycles. The molecule has 0 aliphatic carbocycles. The number of hydrogen-bond donors (Lipinski definition) is 0. The van der Waals surface area contributed by atoms with Gasteiger partial charge in [0.1, 0.15) is 11.6 Å². The fraction of sp³-hybridized carbons (Fsp3) is 0.562. The molecule has 3 rings (SSSR count). The third-order valence-electron chi connectivity index (χ3n) is 4.42. The summed E-state index contributed by atoms with van der Waals surface area (Å²) in [4.78, 5) is 6.57. The monoisotopic (exact) mass is 312 g/mol. The molecule has 0 bridgehead atoms. The highest BCUT2D eigenvalue weighted by Gasteiger charge is 2.28. The van der Waals surface area contributed by atoms with E-state index in [1.807, 2.05) is 20.8 Å². The number of anilines is 1. The molecule has 1 fully saturated rings. The summed E-state index contributed by atoms with van der Waals surface area (Å²) < 4.78 is 5.23. The van der Waals surface area contributed by atoms with Gasteiger partial charge in [0.25, 0.3) is 0 Å². The SMILES string of the molecule is CCc1nc(C2CCCN(c3nnc(C)c(C)c3C#N)C2)no1. The van der Waals surface area contributed by atoms with Crippen molar-refractivity contribution in [3.8, 4) is 6.07 Å². The maximum absolute atomic E-state index is 9.49. The molecule has 0 amide bonds. The second-order valence-electron chi connectivity index (χ2n) is 5.91. The van der Waals surface area contributed by atoms with Crippen molar-refractivity contribution < 1.29 is 4.52 Å². The van der Waals surface area contributed by atoms with Crippen molar-refractivity contribution in [2.45, 2.75) is 46.0 Å². The van der Waals surface area contributed by atoms with Crippen LogP contribution in [0.4, 0.5) is 5.82 Å². The van der Waals surface area contributed by atoms with Crippen LogP contribution in [0.1, 0.15) is 54.2 Å². The summed E-state index contributed by atoms with van der Waals surface area (Å²) in [5, 5.41) is 22.0. The number of piperidine rings is 1. The number of nitriles is 1. The lowest BCUT2D eigenvalue weighted by Gasteiger charge is -2.32. The van der Waals surface area contributed by atoms with Crippen LogP contribution in [0, 0.1) is 25.2 Å². The van der Waals surface area contributed by atoms with E-state index >= 15 is 0 Å². The first kappa shape index (κ1) is 15.4. The van der Waals surface area contributed by atoms with Gasteiger partial charge in [-0.2, -0.15) is 15.3 Å². The Kier molecular flexibility index (Phi) is 4.24. The van der Waals surface area contributed by atoms with Crippen molar-refractivity contribution in [1.82, 2.24) is 20.3 Å². The molecule has 0 N–H and O–H groups in total. The van der Waals surface area contributed by atoms with E-state index in [4.69, 9.17) is 4.52 Å². The molecule has 2 aromatic rings. The largest absolute Gasteiger partial charge is 0.353 e. The summed E-state index contributed by atoms with van der Waals surface area (Å²) in [6, 6.07) is 2.28. The quantitative estimate of drug-likeness (QED) is 0.858. The van der Waals surface area contributed by atoms with Gasteiger partial charge in [0, 0.05) is 25.4 Å². The van der Waals surface area contributed by atoms with Crippen molar-refractivity contribution in [3.63, 3.8) is 0 Å². The van der Waals surface area contributed by atoms with Crippen molar-refractivity contribution in [3.05, 3.63) is 28.5 Å². The lowest BCUT2D eigenvalue weighted by molar-refractivity contribution is 0.368. The second kappa shape index (κ2) is 6.32. The van der Waals surface area contributed by atoms with Gasteiger partial charge in [0.05, 0.1) is 5.69 Å². The lowest BCUT2D eigenvalue weighted by Crippen LogP contribution is -2.36. The molecule has 1 unspecified atom stereocenters. The van der Waals surface area contributed by atoms with Crippen molar-refractivity contribution in [2.24, 2.45) is 0 Å². The zero-order valence-corrected chi connectivity index (χ0v) is 13.7. The van der Waals surface area contributed by atoms with E-state index in [0.29, 0.717) is 17.3 Å². The number of aryl methyl sites for hydroxylation is 2. The molecule has 1 aliphatic rings. The van der Waals surface area contributed by atoms with Crippen molar-refractivity contribution >= 4 is 5.82 Å². The summed E-state index contributed by atoms with van der Waals surface area (Å²) in [5.74, 6) is 2.28. The average Bonchev–Trinajstić information content (AvgIpc) is 3.06. The number of hydrogen-bond acceptors (Lipinski definition) is 7. The first-order valence-corrected chi connectivity index (χ1v) is 7.95. The number of nitrogens with zero attached hydrogens (tertiary/aromatic N) is 6. The molecular weight excluding hydrogens is 292 g/mol. The Morgan fingerprint density at radius 3 is 2.87 bits per heavy atom. The fourth-order valence-corrected chi connectivity index (χ4v) is 2.91. The van der Waals surface area contributed by atoms with E-state index in [-0.39, 0.29) is 5.92 Å². The number of aromatic nitrogens is 4. The predicted molar refractivity (Wildman–Crippen MR) is 84.1 cm³/mol. The van der Waals surface area contributed by atoms with Crippen molar-refractivity contribution in [2.75, 3.05) is 18.0 Å². The average molecular weight is 312 g/mol. The lowest BCUT2D eigenvalue weighted by atomic mass is 9.96. The normalized spacial score (nSPS) is 18.0. The van der Waals surface area contributed by atoms with E-state index in [0.717, 1.165) is 49.4 Å². The Bertz CT molecular complexity index is 748. The Morgan fingerprint density at radius 2 is 2.17 bits per heavy atom. The van der Waals surface area contributed by atoms with Crippen LogP contribution in [0.25, 0.3) is 0 Å². The van der Waals surface area contributed by atoms with Crippen LogP contribution in [0.3, 0.4) is 0 Å². The molecule has 2 aromatic heterocycles. The van der Waals surface area contributed by atoms with E-state index in [2.05, 4.69) is 31.3 Å². The van der Waals surface area contributed by atoms with Gasteiger partial charge < -0.3 is 9.42 Å². The first-order chi connectivity index (χ1) is 11.1. The smallest absolute Gasteiger partial charge is 0.226 e.